The van der Waals surface area contributed by atoms with Crippen LogP contribution in [-0.4, -0.2) is 19.0 Å². The van der Waals surface area contributed by atoms with Gasteiger partial charge < -0.3 is 4.74 Å². The molecule has 2 nitrogen and oxygen atoms in total. The minimum Gasteiger partial charge on any atom is -0.380 e. The molecule has 1 aromatic carbocycles. The lowest BCUT2D eigenvalue weighted by atomic mass is 9.91. The Hall–Kier alpha value is -1.15. The van der Waals surface area contributed by atoms with Gasteiger partial charge in [0.05, 0.1) is 13.2 Å². The first kappa shape index (κ1) is 10.4. The maximum Gasteiger partial charge on any atom is 0.140 e. The predicted molar refractivity (Wildman–Crippen MR) is 58.8 cm³/mol. The summed E-state index contributed by atoms with van der Waals surface area (Å²) in [5.74, 6) is 0.421. The third kappa shape index (κ3) is 2.45. The Morgan fingerprint density at radius 3 is 2.93 bits per heavy atom. The summed E-state index contributed by atoms with van der Waals surface area (Å²) < 4.78 is 5.34. The molecule has 1 atom stereocenters. The lowest BCUT2D eigenvalue weighted by Gasteiger charge is -2.21. The molecule has 2 heteroatoms. The first-order valence-corrected chi connectivity index (χ1v) is 5.42. The Morgan fingerprint density at radius 2 is 2.20 bits per heavy atom. The fourth-order valence-electron chi connectivity index (χ4n) is 1.97. The van der Waals surface area contributed by atoms with Crippen molar-refractivity contribution in [2.75, 3.05) is 13.2 Å². The lowest BCUT2D eigenvalue weighted by molar-refractivity contribution is -0.130. The van der Waals surface area contributed by atoms with E-state index in [1.54, 1.807) is 0 Å². The highest BCUT2D eigenvalue weighted by Crippen LogP contribution is 2.18. The van der Waals surface area contributed by atoms with Crippen LogP contribution in [0.3, 0.4) is 0 Å². The van der Waals surface area contributed by atoms with Crippen LogP contribution in [-0.2, 0) is 16.0 Å². The second-order valence-corrected chi connectivity index (χ2v) is 4.12. The number of carbonyl (C=O) groups is 1. The molecule has 0 N–H and O–H groups in total. The van der Waals surface area contributed by atoms with E-state index in [0.29, 0.717) is 25.4 Å². The first-order chi connectivity index (χ1) is 7.27. The van der Waals surface area contributed by atoms with Crippen molar-refractivity contribution in [1.29, 1.82) is 0 Å². The Kier molecular flexibility index (Phi) is 3.17. The SMILES string of the molecule is Cc1ccccc1CC1COCCC1=O. The number of hydrogen-bond donors (Lipinski definition) is 0. The van der Waals surface area contributed by atoms with E-state index in [0.717, 1.165) is 6.42 Å². The molecule has 0 amide bonds. The van der Waals surface area contributed by atoms with Crippen molar-refractivity contribution in [3.05, 3.63) is 35.4 Å². The number of aryl methyl sites for hydroxylation is 1. The average molecular weight is 204 g/mol. The van der Waals surface area contributed by atoms with Crippen LogP contribution in [0.15, 0.2) is 24.3 Å². The number of benzene rings is 1. The standard InChI is InChI=1S/C13H16O2/c1-10-4-2-3-5-11(10)8-12-9-15-7-6-13(12)14/h2-5,12H,6-9H2,1H3. The number of Topliss-reactive ketones (excluding diaryl/α,β-unsaturated/α-hetero) is 1. The van der Waals surface area contributed by atoms with Crippen molar-refractivity contribution in [3.8, 4) is 0 Å². The van der Waals surface area contributed by atoms with Gasteiger partial charge in [-0.2, -0.15) is 0 Å². The van der Waals surface area contributed by atoms with Crippen LogP contribution >= 0.6 is 0 Å². The molecule has 1 heterocycles. The summed E-state index contributed by atoms with van der Waals surface area (Å²) >= 11 is 0. The summed E-state index contributed by atoms with van der Waals surface area (Å²) in [5.41, 5.74) is 2.53. The minimum atomic E-state index is 0.0693. The van der Waals surface area contributed by atoms with Crippen LogP contribution in [0, 0.1) is 12.8 Å². The molecule has 1 aliphatic rings. The van der Waals surface area contributed by atoms with E-state index in [-0.39, 0.29) is 5.92 Å². The fraction of sp³-hybridized carbons (Fsp3) is 0.462. The molecule has 0 bridgehead atoms. The molecule has 2 rings (SSSR count). The zero-order chi connectivity index (χ0) is 10.7. The van der Waals surface area contributed by atoms with Gasteiger partial charge >= 0.3 is 0 Å². The fourth-order valence-corrected chi connectivity index (χ4v) is 1.97. The number of ether oxygens (including phenoxy) is 1. The Balaban J connectivity index is 2.08. The number of carbonyl (C=O) groups excluding carboxylic acids is 1. The molecule has 0 aromatic heterocycles. The minimum absolute atomic E-state index is 0.0693. The van der Waals surface area contributed by atoms with Crippen molar-refractivity contribution in [2.45, 2.75) is 19.8 Å². The topological polar surface area (TPSA) is 26.3 Å². The monoisotopic (exact) mass is 204 g/mol. The highest BCUT2D eigenvalue weighted by molar-refractivity contribution is 5.82. The summed E-state index contributed by atoms with van der Waals surface area (Å²) in [5, 5.41) is 0. The van der Waals surface area contributed by atoms with Crippen LogP contribution in [0.1, 0.15) is 17.5 Å². The molecular weight excluding hydrogens is 188 g/mol. The molecule has 15 heavy (non-hydrogen) atoms. The molecule has 80 valence electrons. The van der Waals surface area contributed by atoms with Crippen molar-refractivity contribution < 1.29 is 9.53 Å². The molecule has 1 unspecified atom stereocenters. The summed E-state index contributed by atoms with van der Waals surface area (Å²) in [6.07, 6.45) is 1.40. The van der Waals surface area contributed by atoms with Crippen LogP contribution in [0.5, 0.6) is 0 Å². The van der Waals surface area contributed by atoms with E-state index in [2.05, 4.69) is 19.1 Å². The van der Waals surface area contributed by atoms with E-state index in [9.17, 15) is 4.79 Å². The van der Waals surface area contributed by atoms with E-state index in [1.807, 2.05) is 12.1 Å². The van der Waals surface area contributed by atoms with Gasteiger partial charge in [0.15, 0.2) is 0 Å². The predicted octanol–water partition coefficient (Wildman–Crippen LogP) is 2.14. The summed E-state index contributed by atoms with van der Waals surface area (Å²) in [6.45, 7) is 3.28. The Morgan fingerprint density at radius 1 is 1.40 bits per heavy atom. The molecule has 1 saturated heterocycles. The number of hydrogen-bond acceptors (Lipinski definition) is 2. The van der Waals surface area contributed by atoms with Gasteiger partial charge in [0.25, 0.3) is 0 Å². The van der Waals surface area contributed by atoms with Gasteiger partial charge in [0, 0.05) is 12.3 Å². The Labute approximate surface area is 90.3 Å². The average Bonchev–Trinajstić information content (AvgIpc) is 2.24. The van der Waals surface area contributed by atoms with Crippen LogP contribution in [0.25, 0.3) is 0 Å². The van der Waals surface area contributed by atoms with Gasteiger partial charge in [0.1, 0.15) is 5.78 Å². The van der Waals surface area contributed by atoms with Crippen molar-refractivity contribution >= 4 is 5.78 Å². The van der Waals surface area contributed by atoms with E-state index < -0.39 is 0 Å². The second-order valence-electron chi connectivity index (χ2n) is 4.12. The number of ketones is 1. The maximum atomic E-state index is 11.6. The zero-order valence-electron chi connectivity index (χ0n) is 9.03. The van der Waals surface area contributed by atoms with E-state index >= 15 is 0 Å². The van der Waals surface area contributed by atoms with Crippen molar-refractivity contribution in [1.82, 2.24) is 0 Å². The van der Waals surface area contributed by atoms with Crippen molar-refractivity contribution in [3.63, 3.8) is 0 Å². The van der Waals surface area contributed by atoms with Gasteiger partial charge in [0.2, 0.25) is 0 Å². The molecule has 1 aliphatic heterocycles. The largest absolute Gasteiger partial charge is 0.380 e. The van der Waals surface area contributed by atoms with Gasteiger partial charge in [-0.1, -0.05) is 24.3 Å². The van der Waals surface area contributed by atoms with E-state index in [4.69, 9.17) is 4.74 Å². The molecular formula is C13H16O2. The third-order valence-corrected chi connectivity index (χ3v) is 2.99. The molecule has 0 spiro atoms. The molecule has 1 aromatic rings. The Bertz CT molecular complexity index is 357. The van der Waals surface area contributed by atoms with Gasteiger partial charge in [-0.3, -0.25) is 4.79 Å². The summed E-state index contributed by atoms with van der Waals surface area (Å²) in [7, 11) is 0. The normalized spacial score (nSPS) is 21.7. The number of rotatable bonds is 2. The highest BCUT2D eigenvalue weighted by Gasteiger charge is 2.23. The molecule has 0 radical (unpaired) electrons. The van der Waals surface area contributed by atoms with Crippen LogP contribution in [0.2, 0.25) is 0 Å². The second kappa shape index (κ2) is 4.58. The maximum absolute atomic E-state index is 11.6. The van der Waals surface area contributed by atoms with Crippen LogP contribution < -0.4 is 0 Å². The third-order valence-electron chi connectivity index (χ3n) is 2.99. The van der Waals surface area contributed by atoms with Gasteiger partial charge in [-0.15, -0.1) is 0 Å². The molecule has 0 saturated carbocycles. The smallest absolute Gasteiger partial charge is 0.140 e. The first-order valence-electron chi connectivity index (χ1n) is 5.42. The summed E-state index contributed by atoms with van der Waals surface area (Å²) in [6, 6.07) is 8.23. The highest BCUT2D eigenvalue weighted by atomic mass is 16.5. The molecule has 0 aliphatic carbocycles. The lowest BCUT2D eigenvalue weighted by Crippen LogP contribution is -2.29. The molecule has 1 fully saturated rings. The quantitative estimate of drug-likeness (QED) is 0.737. The van der Waals surface area contributed by atoms with Gasteiger partial charge in [-0.05, 0) is 24.5 Å². The summed E-state index contributed by atoms with van der Waals surface area (Å²) in [4.78, 5) is 11.6. The van der Waals surface area contributed by atoms with Crippen LogP contribution in [0.4, 0.5) is 0 Å². The van der Waals surface area contributed by atoms with Gasteiger partial charge in [-0.25, -0.2) is 0 Å². The van der Waals surface area contributed by atoms with Crippen molar-refractivity contribution in [2.24, 2.45) is 5.92 Å². The zero-order valence-corrected chi connectivity index (χ0v) is 9.03. The van der Waals surface area contributed by atoms with E-state index in [1.165, 1.54) is 11.1 Å².